The second-order valence-corrected chi connectivity index (χ2v) is 4.65. The summed E-state index contributed by atoms with van der Waals surface area (Å²) in [6.45, 7) is 1.62. The lowest BCUT2D eigenvalue weighted by Gasteiger charge is -2.23. The van der Waals surface area contributed by atoms with Gasteiger partial charge in [0.1, 0.15) is 11.6 Å². The van der Waals surface area contributed by atoms with Gasteiger partial charge in [0.15, 0.2) is 0 Å². The molecule has 2 rings (SSSR count). The molecule has 0 unspecified atom stereocenters. The number of rotatable bonds is 2. The van der Waals surface area contributed by atoms with Crippen LogP contribution in [0.4, 0.5) is 8.78 Å². The van der Waals surface area contributed by atoms with Gasteiger partial charge in [0.05, 0.1) is 10.6 Å². The summed E-state index contributed by atoms with van der Waals surface area (Å²) in [6, 6.07) is 1.64. The van der Waals surface area contributed by atoms with E-state index in [1.54, 1.807) is 0 Å². The highest BCUT2D eigenvalue weighted by atomic mass is 35.5. The predicted molar refractivity (Wildman–Crippen MR) is 72.0 cm³/mol. The summed E-state index contributed by atoms with van der Waals surface area (Å²) in [4.78, 5) is 11.8. The maximum absolute atomic E-state index is 13.5. The Labute approximate surface area is 121 Å². The Bertz CT molecular complexity index is 465. The zero-order chi connectivity index (χ0) is 13.1. The molecule has 19 heavy (non-hydrogen) atoms. The number of piperidine rings is 1. The van der Waals surface area contributed by atoms with Crippen molar-refractivity contribution in [3.63, 3.8) is 0 Å². The summed E-state index contributed by atoms with van der Waals surface area (Å²) >= 11 is 5.43. The van der Waals surface area contributed by atoms with Crippen LogP contribution < -0.4 is 10.6 Å². The molecule has 7 heteroatoms. The summed E-state index contributed by atoms with van der Waals surface area (Å²) in [7, 11) is 0. The SMILES string of the molecule is Cl.O=C(NC1CCNCC1)c1cc(F)c(Cl)cc1F. The first-order valence-corrected chi connectivity index (χ1v) is 6.12. The lowest BCUT2D eigenvalue weighted by molar-refractivity contribution is 0.0925. The lowest BCUT2D eigenvalue weighted by Crippen LogP contribution is -2.42. The van der Waals surface area contributed by atoms with Gasteiger partial charge in [-0.3, -0.25) is 4.79 Å². The standard InChI is InChI=1S/C12H13ClF2N2O.ClH/c13-9-6-10(14)8(5-11(9)15)12(18)17-7-1-3-16-4-2-7;/h5-7,16H,1-4H2,(H,17,18);1H. The average Bonchev–Trinajstić information content (AvgIpc) is 2.35. The molecule has 1 aromatic carbocycles. The molecule has 0 saturated carbocycles. The summed E-state index contributed by atoms with van der Waals surface area (Å²) in [6.07, 6.45) is 1.56. The number of carbonyl (C=O) groups excluding carboxylic acids is 1. The molecule has 3 nitrogen and oxygen atoms in total. The third kappa shape index (κ3) is 4.03. The Hall–Kier alpha value is -0.910. The Morgan fingerprint density at radius 2 is 1.89 bits per heavy atom. The number of nitrogens with one attached hydrogen (secondary N) is 2. The molecule has 1 amide bonds. The Kier molecular flexibility index (Phi) is 5.97. The van der Waals surface area contributed by atoms with Gasteiger partial charge in [-0.2, -0.15) is 0 Å². The molecule has 0 radical (unpaired) electrons. The van der Waals surface area contributed by atoms with Gasteiger partial charge in [0.25, 0.3) is 5.91 Å². The minimum atomic E-state index is -0.812. The van der Waals surface area contributed by atoms with Gasteiger partial charge in [-0.25, -0.2) is 8.78 Å². The van der Waals surface area contributed by atoms with Crippen molar-refractivity contribution in [1.29, 1.82) is 0 Å². The van der Waals surface area contributed by atoms with E-state index in [0.29, 0.717) is 0 Å². The largest absolute Gasteiger partial charge is 0.349 e. The number of carbonyl (C=O) groups is 1. The molecule has 2 N–H and O–H groups in total. The van der Waals surface area contributed by atoms with Gasteiger partial charge in [0.2, 0.25) is 0 Å². The average molecular weight is 311 g/mol. The van der Waals surface area contributed by atoms with Crippen molar-refractivity contribution < 1.29 is 13.6 Å². The summed E-state index contributed by atoms with van der Waals surface area (Å²) in [5.74, 6) is -2.21. The molecular weight excluding hydrogens is 297 g/mol. The lowest BCUT2D eigenvalue weighted by atomic mass is 10.1. The van der Waals surface area contributed by atoms with Crippen LogP contribution in [0.5, 0.6) is 0 Å². The fraction of sp³-hybridized carbons (Fsp3) is 0.417. The third-order valence-corrected chi connectivity index (χ3v) is 3.22. The van der Waals surface area contributed by atoms with E-state index in [4.69, 9.17) is 11.6 Å². The fourth-order valence-corrected chi connectivity index (χ4v) is 2.08. The molecule has 0 atom stereocenters. The van der Waals surface area contributed by atoms with Gasteiger partial charge >= 0.3 is 0 Å². The van der Waals surface area contributed by atoms with Gasteiger partial charge < -0.3 is 10.6 Å². The van der Waals surface area contributed by atoms with Crippen molar-refractivity contribution in [2.24, 2.45) is 0 Å². The van der Waals surface area contributed by atoms with E-state index in [0.717, 1.165) is 38.1 Å². The zero-order valence-electron chi connectivity index (χ0n) is 10.0. The smallest absolute Gasteiger partial charge is 0.254 e. The highest BCUT2D eigenvalue weighted by Gasteiger charge is 2.20. The van der Waals surface area contributed by atoms with E-state index in [-0.39, 0.29) is 29.0 Å². The molecule has 1 aliphatic rings. The van der Waals surface area contributed by atoms with Crippen LogP contribution in [0.2, 0.25) is 5.02 Å². The van der Waals surface area contributed by atoms with Gasteiger partial charge in [-0.05, 0) is 38.1 Å². The number of amides is 1. The highest BCUT2D eigenvalue weighted by Crippen LogP contribution is 2.19. The Morgan fingerprint density at radius 1 is 1.26 bits per heavy atom. The summed E-state index contributed by atoms with van der Waals surface area (Å²) < 4.78 is 26.7. The van der Waals surface area contributed by atoms with Gasteiger partial charge in [0, 0.05) is 6.04 Å². The molecule has 1 aromatic rings. The molecule has 0 spiro atoms. The molecule has 1 aliphatic heterocycles. The van der Waals surface area contributed by atoms with Crippen molar-refractivity contribution in [2.75, 3.05) is 13.1 Å². The Morgan fingerprint density at radius 3 is 2.53 bits per heavy atom. The van der Waals surface area contributed by atoms with Crippen LogP contribution in [0, 0.1) is 11.6 Å². The molecule has 106 valence electrons. The summed E-state index contributed by atoms with van der Waals surface area (Å²) in [5.41, 5.74) is -0.310. The van der Waals surface area contributed by atoms with E-state index in [1.807, 2.05) is 0 Å². The number of halogens is 4. The normalized spacial score (nSPS) is 15.7. The number of hydrogen-bond donors (Lipinski definition) is 2. The maximum Gasteiger partial charge on any atom is 0.254 e. The van der Waals surface area contributed by atoms with Gasteiger partial charge in [-0.1, -0.05) is 11.6 Å². The van der Waals surface area contributed by atoms with Crippen LogP contribution in [0.3, 0.4) is 0 Å². The fourth-order valence-electron chi connectivity index (χ4n) is 1.93. The van der Waals surface area contributed by atoms with Crippen molar-refractivity contribution in [1.82, 2.24) is 10.6 Å². The second kappa shape index (κ2) is 7.03. The van der Waals surface area contributed by atoms with Crippen LogP contribution in [-0.2, 0) is 0 Å². The maximum atomic E-state index is 13.5. The topological polar surface area (TPSA) is 41.1 Å². The van der Waals surface area contributed by atoms with Crippen LogP contribution >= 0.6 is 24.0 Å². The molecule has 0 bridgehead atoms. The highest BCUT2D eigenvalue weighted by molar-refractivity contribution is 6.30. The predicted octanol–water partition coefficient (Wildman–Crippen LogP) is 2.52. The minimum absolute atomic E-state index is 0. The number of hydrogen-bond acceptors (Lipinski definition) is 2. The van der Waals surface area contributed by atoms with Crippen LogP contribution in [0.1, 0.15) is 23.2 Å². The molecule has 0 aliphatic carbocycles. The molecule has 1 heterocycles. The van der Waals surface area contributed by atoms with Gasteiger partial charge in [-0.15, -0.1) is 12.4 Å². The molecule has 0 aromatic heterocycles. The molecule has 1 fully saturated rings. The second-order valence-electron chi connectivity index (χ2n) is 4.24. The van der Waals surface area contributed by atoms with Crippen molar-refractivity contribution in [3.05, 3.63) is 34.4 Å². The van der Waals surface area contributed by atoms with Crippen molar-refractivity contribution >= 4 is 29.9 Å². The van der Waals surface area contributed by atoms with E-state index >= 15 is 0 Å². The van der Waals surface area contributed by atoms with Crippen LogP contribution in [0.25, 0.3) is 0 Å². The van der Waals surface area contributed by atoms with E-state index in [1.165, 1.54) is 0 Å². The first-order chi connectivity index (χ1) is 8.58. The number of benzene rings is 1. The third-order valence-electron chi connectivity index (χ3n) is 2.93. The van der Waals surface area contributed by atoms with E-state index < -0.39 is 17.5 Å². The minimum Gasteiger partial charge on any atom is -0.349 e. The van der Waals surface area contributed by atoms with Crippen molar-refractivity contribution in [3.8, 4) is 0 Å². The summed E-state index contributed by atoms with van der Waals surface area (Å²) in [5, 5.41) is 5.52. The van der Waals surface area contributed by atoms with Crippen molar-refractivity contribution in [2.45, 2.75) is 18.9 Å². The van der Waals surface area contributed by atoms with E-state index in [2.05, 4.69) is 10.6 Å². The molecule has 1 saturated heterocycles. The quantitative estimate of drug-likeness (QED) is 0.824. The van der Waals surface area contributed by atoms with Crippen LogP contribution in [-0.4, -0.2) is 25.0 Å². The zero-order valence-corrected chi connectivity index (χ0v) is 11.6. The molecular formula is C12H14Cl2F2N2O. The first kappa shape index (κ1) is 16.1. The Balaban J connectivity index is 0.00000180. The first-order valence-electron chi connectivity index (χ1n) is 5.74. The monoisotopic (exact) mass is 310 g/mol. The van der Waals surface area contributed by atoms with E-state index in [9.17, 15) is 13.6 Å². The van der Waals surface area contributed by atoms with Crippen LogP contribution in [0.15, 0.2) is 12.1 Å².